The third-order valence-corrected chi connectivity index (χ3v) is 5.31. The number of tetrazole rings is 1. The predicted molar refractivity (Wildman–Crippen MR) is 134 cm³/mol. The molecule has 0 aliphatic heterocycles. The van der Waals surface area contributed by atoms with Crippen molar-refractivity contribution >= 4 is 33.8 Å². The first-order valence-electron chi connectivity index (χ1n) is 10.7. The molecular weight excluding hydrogens is 410 g/mol. The first kappa shape index (κ1) is 21.9. The summed E-state index contributed by atoms with van der Waals surface area (Å²) in [7, 11) is 0. The van der Waals surface area contributed by atoms with E-state index in [0.29, 0.717) is 5.82 Å². The molecule has 0 saturated carbocycles. The summed E-state index contributed by atoms with van der Waals surface area (Å²) in [5.74, 6) is 0.537. The standard InChI is InChI=1S/C14H9N5O.C13H16/c20-8-19-12-4-2-1-3-10(12)11-7-9(5-6-13(11)19)14-15-17-18-16-14;1-11(2)9-10-12(3)13-7-5-4-6-8-13/h1-8H,(H,15,16,17,18);4-10H,1-3H3/b;12-10+. The summed E-state index contributed by atoms with van der Waals surface area (Å²) < 4.78 is 1.64. The molecule has 6 nitrogen and oxygen atoms in total. The van der Waals surface area contributed by atoms with Crippen LogP contribution < -0.4 is 0 Å². The highest BCUT2D eigenvalue weighted by Crippen LogP contribution is 2.30. The average molecular weight is 436 g/mol. The van der Waals surface area contributed by atoms with E-state index in [-0.39, 0.29) is 0 Å². The van der Waals surface area contributed by atoms with Gasteiger partial charge in [-0.15, -0.1) is 10.2 Å². The van der Waals surface area contributed by atoms with Crippen LogP contribution in [-0.4, -0.2) is 31.6 Å². The molecule has 2 aromatic heterocycles. The number of nitrogens with one attached hydrogen (secondary N) is 1. The van der Waals surface area contributed by atoms with Crippen LogP contribution in [0.2, 0.25) is 0 Å². The fourth-order valence-corrected chi connectivity index (χ4v) is 3.63. The Morgan fingerprint density at radius 3 is 2.27 bits per heavy atom. The van der Waals surface area contributed by atoms with Gasteiger partial charge >= 0.3 is 0 Å². The van der Waals surface area contributed by atoms with E-state index >= 15 is 0 Å². The fraction of sp³-hybridized carbons (Fsp3) is 0.111. The van der Waals surface area contributed by atoms with Gasteiger partial charge in [-0.3, -0.25) is 9.36 Å². The number of rotatable bonds is 4. The summed E-state index contributed by atoms with van der Waals surface area (Å²) in [5.41, 5.74) is 6.55. The van der Waals surface area contributed by atoms with E-state index in [2.05, 4.69) is 77.8 Å². The van der Waals surface area contributed by atoms with Gasteiger partial charge in [-0.05, 0) is 61.4 Å². The van der Waals surface area contributed by atoms with Crippen LogP contribution in [0.3, 0.4) is 0 Å². The van der Waals surface area contributed by atoms with Gasteiger partial charge in [0.15, 0.2) is 0 Å². The molecule has 5 rings (SSSR count). The van der Waals surface area contributed by atoms with Gasteiger partial charge in [0.1, 0.15) is 0 Å². The highest BCUT2D eigenvalue weighted by Gasteiger charge is 2.12. The van der Waals surface area contributed by atoms with E-state index in [1.807, 2.05) is 48.5 Å². The molecule has 0 atom stereocenters. The average Bonchev–Trinajstić information content (AvgIpc) is 3.49. The molecule has 0 amide bonds. The van der Waals surface area contributed by atoms with Gasteiger partial charge in [-0.2, -0.15) is 5.21 Å². The highest BCUT2D eigenvalue weighted by molar-refractivity contribution is 6.11. The molecule has 5 aromatic rings. The Hall–Kier alpha value is -4.32. The normalized spacial score (nSPS) is 11.2. The number of carbonyl (C=O) groups excluding carboxylic acids is 1. The van der Waals surface area contributed by atoms with E-state index in [4.69, 9.17) is 0 Å². The Bertz CT molecular complexity index is 1440. The van der Waals surface area contributed by atoms with Crippen molar-refractivity contribution in [3.63, 3.8) is 0 Å². The second-order valence-electron chi connectivity index (χ2n) is 7.92. The summed E-state index contributed by atoms with van der Waals surface area (Å²) in [6, 6.07) is 24.0. The first-order valence-corrected chi connectivity index (χ1v) is 10.7. The quantitative estimate of drug-likeness (QED) is 0.275. The van der Waals surface area contributed by atoms with Crippen LogP contribution in [0.1, 0.15) is 26.3 Å². The minimum Gasteiger partial charge on any atom is -0.282 e. The van der Waals surface area contributed by atoms with Gasteiger partial charge in [0.05, 0.1) is 11.0 Å². The second-order valence-corrected chi connectivity index (χ2v) is 7.92. The summed E-state index contributed by atoms with van der Waals surface area (Å²) in [5, 5.41) is 16.0. The van der Waals surface area contributed by atoms with Crippen LogP contribution in [0.5, 0.6) is 0 Å². The number of H-pyrrole nitrogens is 1. The number of carbonyl (C=O) groups is 1. The van der Waals surface area contributed by atoms with Crippen molar-refractivity contribution in [2.45, 2.75) is 20.8 Å². The molecule has 1 N–H and O–H groups in total. The number of fused-ring (bicyclic) bond motifs is 3. The minimum absolute atomic E-state index is 0.537. The molecule has 3 aromatic carbocycles. The molecule has 0 fully saturated rings. The zero-order valence-electron chi connectivity index (χ0n) is 18.9. The van der Waals surface area contributed by atoms with E-state index in [9.17, 15) is 4.79 Å². The molecule has 2 heterocycles. The van der Waals surface area contributed by atoms with E-state index < -0.39 is 0 Å². The molecule has 0 unspecified atom stereocenters. The van der Waals surface area contributed by atoms with Crippen molar-refractivity contribution in [3.8, 4) is 11.4 Å². The van der Waals surface area contributed by atoms with Crippen molar-refractivity contribution in [1.82, 2.24) is 25.2 Å². The maximum absolute atomic E-state index is 11.3. The van der Waals surface area contributed by atoms with Gasteiger partial charge < -0.3 is 0 Å². The molecule has 0 radical (unpaired) electrons. The van der Waals surface area contributed by atoms with Gasteiger partial charge in [0.25, 0.3) is 0 Å². The molecule has 164 valence electrons. The Kier molecular flexibility index (Phi) is 6.55. The third-order valence-electron chi connectivity index (χ3n) is 5.31. The van der Waals surface area contributed by atoms with Crippen LogP contribution in [0.15, 0.2) is 90.5 Å². The minimum atomic E-state index is 0.537. The predicted octanol–water partition coefficient (Wildman–Crippen LogP) is 6.07. The van der Waals surface area contributed by atoms with Crippen molar-refractivity contribution in [3.05, 3.63) is 96.1 Å². The lowest BCUT2D eigenvalue weighted by atomic mass is 10.1. The van der Waals surface area contributed by atoms with Gasteiger partial charge in [-0.1, -0.05) is 66.3 Å². The zero-order valence-corrected chi connectivity index (χ0v) is 18.9. The lowest BCUT2D eigenvalue weighted by Crippen LogP contribution is -1.93. The number of aromatic amines is 1. The number of hydrogen-bond donors (Lipinski definition) is 1. The number of allylic oxidation sites excluding steroid dienone is 4. The Balaban J connectivity index is 0.000000174. The van der Waals surface area contributed by atoms with Gasteiger partial charge in [0, 0.05) is 16.3 Å². The summed E-state index contributed by atoms with van der Waals surface area (Å²) >= 11 is 0. The Morgan fingerprint density at radius 2 is 1.58 bits per heavy atom. The van der Waals surface area contributed by atoms with Crippen molar-refractivity contribution in [2.24, 2.45) is 0 Å². The molecular formula is C27H25N5O. The van der Waals surface area contributed by atoms with Crippen molar-refractivity contribution in [1.29, 1.82) is 0 Å². The molecule has 6 heteroatoms. The van der Waals surface area contributed by atoms with Crippen LogP contribution in [0.25, 0.3) is 38.8 Å². The fourth-order valence-electron chi connectivity index (χ4n) is 3.63. The van der Waals surface area contributed by atoms with Crippen LogP contribution >= 0.6 is 0 Å². The molecule has 0 aliphatic rings. The van der Waals surface area contributed by atoms with Crippen LogP contribution in [0.4, 0.5) is 0 Å². The zero-order chi connectivity index (χ0) is 23.2. The number of para-hydroxylation sites is 1. The number of nitrogens with zero attached hydrogens (tertiary/aromatic N) is 4. The Labute approximate surface area is 192 Å². The van der Waals surface area contributed by atoms with Crippen molar-refractivity contribution < 1.29 is 4.79 Å². The molecule has 0 aliphatic carbocycles. The van der Waals surface area contributed by atoms with E-state index in [0.717, 1.165) is 33.8 Å². The van der Waals surface area contributed by atoms with Crippen molar-refractivity contribution in [2.75, 3.05) is 0 Å². The van der Waals surface area contributed by atoms with Crippen LogP contribution in [-0.2, 0) is 4.79 Å². The van der Waals surface area contributed by atoms with Gasteiger partial charge in [-0.25, -0.2) is 0 Å². The second kappa shape index (κ2) is 9.87. The molecule has 0 bridgehead atoms. The largest absolute Gasteiger partial charge is 0.282 e. The third kappa shape index (κ3) is 4.80. The molecule has 0 spiro atoms. The monoisotopic (exact) mass is 435 g/mol. The van der Waals surface area contributed by atoms with Crippen LogP contribution in [0, 0.1) is 0 Å². The lowest BCUT2D eigenvalue weighted by Gasteiger charge is -1.98. The number of benzene rings is 3. The summed E-state index contributed by atoms with van der Waals surface area (Å²) in [6.07, 6.45) is 5.13. The first-order chi connectivity index (χ1) is 16.1. The summed E-state index contributed by atoms with van der Waals surface area (Å²) in [4.78, 5) is 11.3. The summed E-state index contributed by atoms with van der Waals surface area (Å²) in [6.45, 7) is 6.35. The smallest absolute Gasteiger partial charge is 0.218 e. The topological polar surface area (TPSA) is 76.5 Å². The van der Waals surface area contributed by atoms with Gasteiger partial charge in [0.2, 0.25) is 12.2 Å². The maximum atomic E-state index is 11.3. The Morgan fingerprint density at radius 1 is 0.848 bits per heavy atom. The maximum Gasteiger partial charge on any atom is 0.218 e. The van der Waals surface area contributed by atoms with E-state index in [1.54, 1.807) is 4.57 Å². The number of aromatic nitrogens is 5. The molecule has 33 heavy (non-hydrogen) atoms. The highest BCUT2D eigenvalue weighted by atomic mass is 16.1. The molecule has 0 saturated heterocycles. The SMILES string of the molecule is CC(C)=C/C=C(\C)c1ccccc1.O=Cn1c2ccccc2c2cc(-c3nn[nH]n3)ccc21. The lowest BCUT2D eigenvalue weighted by molar-refractivity contribution is 0.550. The number of hydrogen-bond acceptors (Lipinski definition) is 4. The van der Waals surface area contributed by atoms with E-state index in [1.165, 1.54) is 16.7 Å².